The predicted molar refractivity (Wildman–Crippen MR) is 135 cm³/mol. The Labute approximate surface area is 211 Å². The Morgan fingerprint density at radius 2 is 1.72 bits per heavy atom. The number of ether oxygens (including phenoxy) is 1. The molecule has 0 fully saturated rings. The van der Waals surface area contributed by atoms with Crippen molar-refractivity contribution in [3.8, 4) is 0 Å². The molecule has 36 heavy (non-hydrogen) atoms. The molecule has 1 heterocycles. The van der Waals surface area contributed by atoms with Gasteiger partial charge in [0.25, 0.3) is 0 Å². The van der Waals surface area contributed by atoms with Crippen LogP contribution in [-0.4, -0.2) is 50.7 Å². The topological polar surface area (TPSA) is 137 Å². The molecule has 0 aliphatic heterocycles. The van der Waals surface area contributed by atoms with Crippen LogP contribution in [0, 0.1) is 0 Å². The van der Waals surface area contributed by atoms with E-state index in [4.69, 9.17) is 10.5 Å². The fourth-order valence-electron chi connectivity index (χ4n) is 3.48. The van der Waals surface area contributed by atoms with Crippen LogP contribution in [0.1, 0.15) is 49.7 Å². The van der Waals surface area contributed by atoms with Crippen LogP contribution in [0.2, 0.25) is 0 Å². The third-order valence-electron chi connectivity index (χ3n) is 5.51. The highest BCUT2D eigenvalue weighted by Gasteiger charge is 2.28. The molecular weight excluding hydrogens is 458 g/mol. The molecule has 192 valence electrons. The standard InChI is InChI=1S/C26H35N7O3/c1-26(2,27)25(35)29-22(19-36-18-21-12-7-4-8-13-21)24-30-31-32-33(24)17-9-14-23(34)28-16-15-20-10-5-3-6-11-20/h3-8,10-13,22H,9,14-19,27H2,1-2H3,(H,28,34)(H,29,35)/t22-/m1/s1. The highest BCUT2D eigenvalue weighted by Crippen LogP contribution is 2.14. The zero-order chi connectivity index (χ0) is 25.8. The number of rotatable bonds is 14. The van der Waals surface area contributed by atoms with Gasteiger partial charge >= 0.3 is 0 Å². The molecule has 2 amide bonds. The normalized spacial score (nSPS) is 12.2. The minimum Gasteiger partial charge on any atom is -0.374 e. The second-order valence-electron chi connectivity index (χ2n) is 9.20. The van der Waals surface area contributed by atoms with Gasteiger partial charge in [-0.2, -0.15) is 0 Å². The van der Waals surface area contributed by atoms with Crippen LogP contribution >= 0.6 is 0 Å². The monoisotopic (exact) mass is 493 g/mol. The molecule has 0 aliphatic rings. The van der Waals surface area contributed by atoms with Crippen LogP contribution in [0.5, 0.6) is 0 Å². The first-order chi connectivity index (χ1) is 17.3. The van der Waals surface area contributed by atoms with E-state index >= 15 is 0 Å². The van der Waals surface area contributed by atoms with Crippen molar-refractivity contribution in [3.63, 3.8) is 0 Å². The van der Waals surface area contributed by atoms with E-state index in [2.05, 4.69) is 26.2 Å². The van der Waals surface area contributed by atoms with E-state index in [1.54, 1.807) is 18.5 Å². The van der Waals surface area contributed by atoms with E-state index in [1.807, 2.05) is 60.7 Å². The van der Waals surface area contributed by atoms with Gasteiger partial charge < -0.3 is 21.1 Å². The molecule has 2 aromatic carbocycles. The molecule has 0 saturated carbocycles. The molecule has 10 nitrogen and oxygen atoms in total. The van der Waals surface area contributed by atoms with Crippen LogP contribution < -0.4 is 16.4 Å². The van der Waals surface area contributed by atoms with Gasteiger partial charge in [-0.1, -0.05) is 60.7 Å². The van der Waals surface area contributed by atoms with Gasteiger partial charge in [0.1, 0.15) is 6.04 Å². The zero-order valence-electron chi connectivity index (χ0n) is 20.9. The predicted octanol–water partition coefficient (Wildman–Crippen LogP) is 1.92. The van der Waals surface area contributed by atoms with Crippen molar-refractivity contribution in [2.45, 2.75) is 57.8 Å². The van der Waals surface area contributed by atoms with Crippen molar-refractivity contribution in [1.29, 1.82) is 0 Å². The van der Waals surface area contributed by atoms with Gasteiger partial charge in [0.15, 0.2) is 5.82 Å². The largest absolute Gasteiger partial charge is 0.374 e. The Morgan fingerprint density at radius 1 is 1.06 bits per heavy atom. The fourth-order valence-corrected chi connectivity index (χ4v) is 3.48. The summed E-state index contributed by atoms with van der Waals surface area (Å²) in [6, 6.07) is 19.2. The van der Waals surface area contributed by atoms with Crippen molar-refractivity contribution >= 4 is 11.8 Å². The number of aromatic nitrogens is 4. The Balaban J connectivity index is 1.53. The summed E-state index contributed by atoms with van der Waals surface area (Å²) in [6.45, 7) is 4.81. The quantitative estimate of drug-likeness (QED) is 0.312. The molecule has 0 bridgehead atoms. The number of nitrogens with one attached hydrogen (secondary N) is 2. The van der Waals surface area contributed by atoms with Crippen molar-refractivity contribution < 1.29 is 14.3 Å². The molecule has 3 aromatic rings. The van der Waals surface area contributed by atoms with Gasteiger partial charge in [0, 0.05) is 19.5 Å². The minimum absolute atomic E-state index is 0.0264. The molecule has 0 radical (unpaired) electrons. The lowest BCUT2D eigenvalue weighted by atomic mass is 10.1. The Kier molecular flexibility index (Phi) is 10.1. The van der Waals surface area contributed by atoms with Gasteiger partial charge in [0.05, 0.1) is 18.8 Å². The number of aryl methyl sites for hydroxylation is 1. The molecule has 1 aromatic heterocycles. The van der Waals surface area contributed by atoms with Gasteiger partial charge in [-0.3, -0.25) is 9.59 Å². The first-order valence-electron chi connectivity index (χ1n) is 12.1. The molecular formula is C26H35N7O3. The van der Waals surface area contributed by atoms with Gasteiger partial charge in [0.2, 0.25) is 11.8 Å². The maximum absolute atomic E-state index is 12.6. The van der Waals surface area contributed by atoms with E-state index in [-0.39, 0.29) is 18.4 Å². The number of benzene rings is 2. The molecule has 0 spiro atoms. The molecule has 4 N–H and O–H groups in total. The summed E-state index contributed by atoms with van der Waals surface area (Å²) in [5.41, 5.74) is 7.09. The van der Waals surface area contributed by atoms with Gasteiger partial charge in [-0.15, -0.1) is 5.10 Å². The number of nitrogens with zero attached hydrogens (tertiary/aromatic N) is 4. The van der Waals surface area contributed by atoms with Gasteiger partial charge in [-0.25, -0.2) is 4.68 Å². The minimum atomic E-state index is -1.08. The van der Waals surface area contributed by atoms with Crippen molar-refractivity contribution in [3.05, 3.63) is 77.6 Å². The smallest absolute Gasteiger partial charge is 0.240 e. The summed E-state index contributed by atoms with van der Waals surface area (Å²) in [5.74, 6) is 0.0785. The van der Waals surface area contributed by atoms with Crippen LogP contribution in [0.3, 0.4) is 0 Å². The van der Waals surface area contributed by atoms with Crippen LogP contribution in [0.15, 0.2) is 60.7 Å². The molecule has 0 unspecified atom stereocenters. The number of hydrogen-bond donors (Lipinski definition) is 3. The second kappa shape index (κ2) is 13.5. The fraction of sp³-hybridized carbons (Fsp3) is 0.423. The number of tetrazole rings is 1. The summed E-state index contributed by atoms with van der Waals surface area (Å²) < 4.78 is 7.46. The summed E-state index contributed by atoms with van der Waals surface area (Å²) in [4.78, 5) is 24.8. The highest BCUT2D eigenvalue weighted by molar-refractivity contribution is 5.85. The Hall–Kier alpha value is -3.63. The van der Waals surface area contributed by atoms with E-state index in [9.17, 15) is 9.59 Å². The Bertz CT molecular complexity index is 1080. The van der Waals surface area contributed by atoms with Crippen molar-refractivity contribution in [1.82, 2.24) is 30.8 Å². The van der Waals surface area contributed by atoms with Crippen LogP contribution in [0.4, 0.5) is 0 Å². The third-order valence-corrected chi connectivity index (χ3v) is 5.51. The lowest BCUT2D eigenvalue weighted by molar-refractivity contribution is -0.126. The third kappa shape index (κ3) is 8.86. The average molecular weight is 494 g/mol. The molecule has 10 heteroatoms. The lowest BCUT2D eigenvalue weighted by Gasteiger charge is -2.23. The maximum atomic E-state index is 12.6. The Morgan fingerprint density at radius 3 is 2.39 bits per heavy atom. The number of nitrogens with two attached hydrogens (primary N) is 1. The first-order valence-corrected chi connectivity index (χ1v) is 12.1. The first kappa shape index (κ1) is 27.0. The van der Waals surface area contributed by atoms with E-state index in [1.165, 1.54) is 5.56 Å². The average Bonchev–Trinajstić information content (AvgIpc) is 3.32. The molecule has 0 saturated heterocycles. The summed E-state index contributed by atoms with van der Waals surface area (Å²) >= 11 is 0. The number of carbonyl (C=O) groups is 2. The summed E-state index contributed by atoms with van der Waals surface area (Å²) in [5, 5.41) is 17.8. The second-order valence-corrected chi connectivity index (χ2v) is 9.20. The van der Waals surface area contributed by atoms with Crippen LogP contribution in [0.25, 0.3) is 0 Å². The number of hydrogen-bond acceptors (Lipinski definition) is 7. The van der Waals surface area contributed by atoms with E-state index in [0.29, 0.717) is 38.4 Å². The van der Waals surface area contributed by atoms with Crippen molar-refractivity contribution in [2.24, 2.45) is 5.73 Å². The molecule has 1 atom stereocenters. The highest BCUT2D eigenvalue weighted by atomic mass is 16.5. The van der Waals surface area contributed by atoms with E-state index < -0.39 is 11.6 Å². The molecule has 3 rings (SSSR count). The zero-order valence-corrected chi connectivity index (χ0v) is 20.9. The van der Waals surface area contributed by atoms with Crippen LogP contribution in [-0.2, 0) is 33.9 Å². The summed E-state index contributed by atoms with van der Waals surface area (Å²) in [7, 11) is 0. The lowest BCUT2D eigenvalue weighted by Crippen LogP contribution is -2.51. The molecule has 0 aliphatic carbocycles. The maximum Gasteiger partial charge on any atom is 0.240 e. The van der Waals surface area contributed by atoms with Crippen molar-refractivity contribution in [2.75, 3.05) is 13.2 Å². The number of carbonyl (C=O) groups excluding carboxylic acids is 2. The van der Waals surface area contributed by atoms with E-state index in [0.717, 1.165) is 12.0 Å². The van der Waals surface area contributed by atoms with Gasteiger partial charge in [-0.05, 0) is 48.2 Å². The summed E-state index contributed by atoms with van der Waals surface area (Å²) in [6.07, 6.45) is 1.67. The number of amides is 2. The SMILES string of the molecule is CC(C)(N)C(=O)N[C@H](COCc1ccccc1)c1nnnn1CCCC(=O)NCCc1ccccc1.